The highest BCUT2D eigenvalue weighted by molar-refractivity contribution is 5.76. The van der Waals surface area contributed by atoms with E-state index in [1.807, 2.05) is 24.4 Å². The first-order valence-corrected chi connectivity index (χ1v) is 10.7. The fourth-order valence-corrected chi connectivity index (χ4v) is 4.53. The van der Waals surface area contributed by atoms with Crippen LogP contribution >= 0.6 is 0 Å². The third kappa shape index (κ3) is 4.34. The van der Waals surface area contributed by atoms with Crippen LogP contribution in [0.4, 0.5) is 0 Å². The lowest BCUT2D eigenvalue weighted by atomic mass is 9.90. The summed E-state index contributed by atoms with van der Waals surface area (Å²) in [4.78, 5) is 19.5. The topological polar surface area (TPSA) is 50.5 Å². The largest absolute Gasteiger partial charge is 0.343 e. The number of amides is 1. The van der Waals surface area contributed by atoms with Gasteiger partial charge in [0, 0.05) is 37.0 Å². The lowest BCUT2D eigenvalue weighted by molar-refractivity contribution is -0.132. The zero-order valence-corrected chi connectivity index (χ0v) is 17.7. The molecule has 1 aliphatic rings. The van der Waals surface area contributed by atoms with E-state index in [-0.39, 0.29) is 5.91 Å². The minimum atomic E-state index is 0.263. The number of hydrogen-bond acceptors (Lipinski definition) is 3. The highest BCUT2D eigenvalue weighted by Crippen LogP contribution is 2.23. The number of aromatic nitrogens is 3. The van der Waals surface area contributed by atoms with Gasteiger partial charge in [0.15, 0.2) is 5.65 Å². The van der Waals surface area contributed by atoms with Gasteiger partial charge in [-0.15, -0.1) is 0 Å². The Morgan fingerprint density at radius 2 is 1.83 bits per heavy atom. The number of aryl methyl sites for hydroxylation is 3. The maximum absolute atomic E-state index is 12.8. The van der Waals surface area contributed by atoms with E-state index in [4.69, 9.17) is 0 Å². The quantitative estimate of drug-likeness (QED) is 0.660. The van der Waals surface area contributed by atoms with Crippen molar-refractivity contribution in [2.45, 2.75) is 52.9 Å². The van der Waals surface area contributed by atoms with Crippen LogP contribution < -0.4 is 0 Å². The van der Waals surface area contributed by atoms with Crippen LogP contribution in [0.15, 0.2) is 36.4 Å². The predicted molar refractivity (Wildman–Crippen MR) is 115 cm³/mol. The van der Waals surface area contributed by atoms with Crippen LogP contribution in [0.2, 0.25) is 0 Å². The summed E-state index contributed by atoms with van der Waals surface area (Å²) in [5, 5.41) is 4.53. The highest BCUT2D eigenvalue weighted by Gasteiger charge is 2.23. The molecule has 0 saturated carbocycles. The number of carbonyl (C=O) groups excluding carboxylic acids is 1. The summed E-state index contributed by atoms with van der Waals surface area (Å²) in [7, 11) is 0. The molecule has 1 fully saturated rings. The van der Waals surface area contributed by atoms with E-state index in [1.165, 1.54) is 5.56 Å². The fraction of sp³-hybridized carbons (Fsp3) is 0.458. The molecule has 0 aliphatic carbocycles. The van der Waals surface area contributed by atoms with Gasteiger partial charge < -0.3 is 4.90 Å². The van der Waals surface area contributed by atoms with Crippen LogP contribution in [-0.4, -0.2) is 38.5 Å². The minimum absolute atomic E-state index is 0.263. The molecule has 4 rings (SSSR count). The maximum Gasteiger partial charge on any atom is 0.222 e. The number of nitrogens with zero attached hydrogens (tertiary/aromatic N) is 4. The van der Waals surface area contributed by atoms with E-state index in [0.29, 0.717) is 12.3 Å². The van der Waals surface area contributed by atoms with Gasteiger partial charge >= 0.3 is 0 Å². The molecular formula is C24H30N4O. The Kier molecular flexibility index (Phi) is 5.65. The Morgan fingerprint density at radius 3 is 2.55 bits per heavy atom. The summed E-state index contributed by atoms with van der Waals surface area (Å²) in [6.07, 6.45) is 4.58. The van der Waals surface area contributed by atoms with Gasteiger partial charge in [0.2, 0.25) is 5.91 Å². The van der Waals surface area contributed by atoms with Crippen molar-refractivity contribution in [1.82, 2.24) is 19.5 Å². The molecule has 5 nitrogen and oxygen atoms in total. The first-order valence-electron chi connectivity index (χ1n) is 10.7. The van der Waals surface area contributed by atoms with Crippen molar-refractivity contribution in [1.29, 1.82) is 0 Å². The van der Waals surface area contributed by atoms with Crippen LogP contribution in [0, 0.1) is 26.7 Å². The maximum atomic E-state index is 12.8. The number of piperidine rings is 1. The third-order valence-corrected chi connectivity index (χ3v) is 6.21. The number of likely N-dealkylation sites (tertiary alicyclic amines) is 1. The molecule has 3 heterocycles. The molecule has 1 aromatic carbocycles. The second kappa shape index (κ2) is 8.36. The first kappa shape index (κ1) is 19.6. The van der Waals surface area contributed by atoms with Gasteiger partial charge in [0.05, 0.1) is 5.69 Å². The molecule has 1 aliphatic heterocycles. The van der Waals surface area contributed by atoms with E-state index in [2.05, 4.69) is 52.2 Å². The second-order valence-electron chi connectivity index (χ2n) is 8.33. The summed E-state index contributed by atoms with van der Waals surface area (Å²) in [6, 6.07) is 12.7. The third-order valence-electron chi connectivity index (χ3n) is 6.21. The van der Waals surface area contributed by atoms with Crippen LogP contribution in [0.1, 0.15) is 47.5 Å². The lowest BCUT2D eigenvalue weighted by Gasteiger charge is -2.32. The van der Waals surface area contributed by atoms with E-state index in [1.54, 1.807) is 0 Å². The normalized spacial score (nSPS) is 15.2. The fourth-order valence-electron chi connectivity index (χ4n) is 4.53. The number of fused-ring (bicyclic) bond motifs is 1. The molecule has 2 aromatic heterocycles. The van der Waals surface area contributed by atoms with Gasteiger partial charge in [-0.25, -0.2) is 9.50 Å². The highest BCUT2D eigenvalue weighted by atomic mass is 16.2. The average molecular weight is 391 g/mol. The van der Waals surface area contributed by atoms with Crippen molar-refractivity contribution in [3.8, 4) is 0 Å². The summed E-state index contributed by atoms with van der Waals surface area (Å²) in [6.45, 7) is 7.84. The van der Waals surface area contributed by atoms with E-state index >= 15 is 0 Å². The molecule has 0 radical (unpaired) electrons. The van der Waals surface area contributed by atoms with Crippen molar-refractivity contribution in [3.63, 3.8) is 0 Å². The Labute approximate surface area is 172 Å². The van der Waals surface area contributed by atoms with Crippen LogP contribution in [0.5, 0.6) is 0 Å². The molecule has 0 N–H and O–H groups in total. The molecule has 0 bridgehead atoms. The van der Waals surface area contributed by atoms with E-state index < -0.39 is 0 Å². The van der Waals surface area contributed by atoms with Gasteiger partial charge in [0.25, 0.3) is 0 Å². The summed E-state index contributed by atoms with van der Waals surface area (Å²) >= 11 is 0. The van der Waals surface area contributed by atoms with Crippen molar-refractivity contribution < 1.29 is 4.79 Å². The Balaban J connectivity index is 1.33. The lowest BCUT2D eigenvalue weighted by Crippen LogP contribution is -2.39. The zero-order chi connectivity index (χ0) is 20.4. The Morgan fingerprint density at radius 1 is 1.10 bits per heavy atom. The van der Waals surface area contributed by atoms with Gasteiger partial charge in [-0.2, -0.15) is 5.10 Å². The number of carbonyl (C=O) groups is 1. The molecule has 5 heteroatoms. The van der Waals surface area contributed by atoms with Gasteiger partial charge in [0.1, 0.15) is 0 Å². The SMILES string of the molecule is Cc1cc2nc(C)c(CCC(=O)N3CCC(Cc4ccccc4)CC3)c(C)n2n1. The van der Waals surface area contributed by atoms with Crippen molar-refractivity contribution >= 4 is 11.6 Å². The predicted octanol–water partition coefficient (Wildman–Crippen LogP) is 4.07. The molecule has 0 spiro atoms. The first-order chi connectivity index (χ1) is 14.0. The standard InChI is InChI=1S/C24H30N4O/c1-17-15-23-25-18(2)22(19(3)28(23)26-17)9-10-24(29)27-13-11-21(12-14-27)16-20-7-5-4-6-8-20/h4-8,15,21H,9-14,16H2,1-3H3. The smallest absolute Gasteiger partial charge is 0.222 e. The van der Waals surface area contributed by atoms with Crippen molar-refractivity contribution in [3.05, 3.63) is 64.6 Å². The zero-order valence-electron chi connectivity index (χ0n) is 17.7. The van der Waals surface area contributed by atoms with E-state index in [9.17, 15) is 4.79 Å². The van der Waals surface area contributed by atoms with E-state index in [0.717, 1.165) is 67.1 Å². The summed E-state index contributed by atoms with van der Waals surface area (Å²) in [5.41, 5.74) is 6.49. The molecule has 29 heavy (non-hydrogen) atoms. The minimum Gasteiger partial charge on any atom is -0.343 e. The second-order valence-corrected chi connectivity index (χ2v) is 8.33. The van der Waals surface area contributed by atoms with Gasteiger partial charge in [-0.3, -0.25) is 4.79 Å². The molecule has 152 valence electrons. The Bertz CT molecular complexity index is 1000. The number of hydrogen-bond donors (Lipinski definition) is 0. The molecule has 0 unspecified atom stereocenters. The monoisotopic (exact) mass is 390 g/mol. The van der Waals surface area contributed by atoms with Crippen LogP contribution in [0.25, 0.3) is 5.65 Å². The molecule has 3 aromatic rings. The number of rotatable bonds is 5. The Hall–Kier alpha value is -2.69. The van der Waals surface area contributed by atoms with Crippen LogP contribution in [0.3, 0.4) is 0 Å². The van der Waals surface area contributed by atoms with Crippen LogP contribution in [-0.2, 0) is 17.6 Å². The molecule has 1 amide bonds. The molecule has 0 atom stereocenters. The van der Waals surface area contributed by atoms with Gasteiger partial charge in [-0.05, 0) is 63.5 Å². The molecular weight excluding hydrogens is 360 g/mol. The molecule has 1 saturated heterocycles. The average Bonchev–Trinajstić information content (AvgIpc) is 3.09. The summed E-state index contributed by atoms with van der Waals surface area (Å²) in [5.74, 6) is 0.944. The number of benzene rings is 1. The summed E-state index contributed by atoms with van der Waals surface area (Å²) < 4.78 is 1.90. The van der Waals surface area contributed by atoms with Crippen molar-refractivity contribution in [2.75, 3.05) is 13.1 Å². The van der Waals surface area contributed by atoms with Crippen molar-refractivity contribution in [2.24, 2.45) is 5.92 Å². The van der Waals surface area contributed by atoms with Gasteiger partial charge in [-0.1, -0.05) is 30.3 Å².